The monoisotopic (exact) mass is 196 g/mol. The van der Waals surface area contributed by atoms with Gasteiger partial charge in [0.05, 0.1) is 5.57 Å². The number of aliphatic hydroxyl groups excluding tert-OH is 1. The maximum atomic E-state index is 11.2. The SMILES string of the molecule is O=C1OCC(O)=C1CC1CCCCC1. The van der Waals surface area contributed by atoms with Gasteiger partial charge in [-0.25, -0.2) is 4.79 Å². The number of esters is 1. The second kappa shape index (κ2) is 4.03. The third-order valence-electron chi connectivity index (χ3n) is 3.15. The summed E-state index contributed by atoms with van der Waals surface area (Å²) in [7, 11) is 0. The van der Waals surface area contributed by atoms with Crippen LogP contribution in [0, 0.1) is 5.92 Å². The van der Waals surface area contributed by atoms with E-state index < -0.39 is 0 Å². The lowest BCUT2D eigenvalue weighted by Gasteiger charge is -2.20. The van der Waals surface area contributed by atoms with Crippen LogP contribution >= 0.6 is 0 Å². The molecule has 1 aliphatic heterocycles. The summed E-state index contributed by atoms with van der Waals surface area (Å²) in [6.07, 6.45) is 6.91. The number of hydrogen-bond acceptors (Lipinski definition) is 3. The van der Waals surface area contributed by atoms with Gasteiger partial charge >= 0.3 is 5.97 Å². The Bertz CT molecular complexity index is 262. The first-order chi connectivity index (χ1) is 6.77. The van der Waals surface area contributed by atoms with Crippen molar-refractivity contribution in [2.24, 2.45) is 5.92 Å². The molecule has 1 fully saturated rings. The molecule has 0 saturated heterocycles. The Kier molecular flexibility index (Phi) is 2.75. The minimum atomic E-state index is -0.312. The predicted octanol–water partition coefficient (Wildman–Crippen LogP) is 2.33. The first kappa shape index (κ1) is 9.56. The largest absolute Gasteiger partial charge is 0.508 e. The molecule has 0 aromatic rings. The van der Waals surface area contributed by atoms with E-state index >= 15 is 0 Å². The minimum Gasteiger partial charge on any atom is -0.508 e. The number of cyclic esters (lactones) is 1. The molecule has 0 spiro atoms. The zero-order chi connectivity index (χ0) is 9.97. The lowest BCUT2D eigenvalue weighted by atomic mass is 9.84. The maximum Gasteiger partial charge on any atom is 0.338 e. The molecule has 0 atom stereocenters. The van der Waals surface area contributed by atoms with Gasteiger partial charge in [-0.3, -0.25) is 0 Å². The van der Waals surface area contributed by atoms with Crippen molar-refractivity contribution >= 4 is 5.97 Å². The number of carbonyl (C=O) groups excluding carboxylic acids is 1. The van der Waals surface area contributed by atoms with Gasteiger partial charge in [-0.1, -0.05) is 32.1 Å². The molecular formula is C11H16O3. The zero-order valence-electron chi connectivity index (χ0n) is 8.29. The highest BCUT2D eigenvalue weighted by Gasteiger charge is 2.27. The molecule has 0 radical (unpaired) electrons. The summed E-state index contributed by atoms with van der Waals surface area (Å²) in [5.74, 6) is 0.417. The van der Waals surface area contributed by atoms with E-state index in [9.17, 15) is 9.90 Å². The van der Waals surface area contributed by atoms with E-state index in [0.29, 0.717) is 17.9 Å². The molecule has 78 valence electrons. The first-order valence-corrected chi connectivity index (χ1v) is 5.35. The first-order valence-electron chi connectivity index (χ1n) is 5.35. The number of rotatable bonds is 2. The predicted molar refractivity (Wildman–Crippen MR) is 51.8 cm³/mol. The Morgan fingerprint density at radius 2 is 2.00 bits per heavy atom. The van der Waals surface area contributed by atoms with Crippen molar-refractivity contribution in [1.82, 2.24) is 0 Å². The molecule has 1 aliphatic carbocycles. The van der Waals surface area contributed by atoms with Gasteiger partial charge < -0.3 is 9.84 Å². The second-order valence-electron chi connectivity index (χ2n) is 4.21. The van der Waals surface area contributed by atoms with Crippen molar-refractivity contribution in [3.63, 3.8) is 0 Å². The second-order valence-corrected chi connectivity index (χ2v) is 4.21. The highest BCUT2D eigenvalue weighted by atomic mass is 16.5. The summed E-state index contributed by atoms with van der Waals surface area (Å²) in [6, 6.07) is 0. The van der Waals surface area contributed by atoms with E-state index in [1.54, 1.807) is 0 Å². The van der Waals surface area contributed by atoms with Crippen LogP contribution in [0.25, 0.3) is 0 Å². The molecule has 1 N–H and O–H groups in total. The highest BCUT2D eigenvalue weighted by molar-refractivity contribution is 5.91. The Balaban J connectivity index is 1.95. The standard InChI is InChI=1S/C11H16O3/c12-10-7-14-11(13)9(10)6-8-4-2-1-3-5-8/h8,12H,1-7H2. The molecule has 0 aromatic heterocycles. The van der Waals surface area contributed by atoms with Crippen LogP contribution in [0.3, 0.4) is 0 Å². The quantitative estimate of drug-likeness (QED) is 0.689. The van der Waals surface area contributed by atoms with Crippen molar-refractivity contribution < 1.29 is 14.6 Å². The summed E-state index contributed by atoms with van der Waals surface area (Å²) in [6.45, 7) is 0.0842. The fraction of sp³-hybridized carbons (Fsp3) is 0.727. The third-order valence-corrected chi connectivity index (χ3v) is 3.15. The van der Waals surface area contributed by atoms with Crippen molar-refractivity contribution in [1.29, 1.82) is 0 Å². The van der Waals surface area contributed by atoms with Crippen molar-refractivity contribution in [3.8, 4) is 0 Å². The summed E-state index contributed by atoms with van der Waals surface area (Å²) >= 11 is 0. The average molecular weight is 196 g/mol. The Hall–Kier alpha value is -0.990. The summed E-state index contributed by atoms with van der Waals surface area (Å²) in [5, 5.41) is 9.42. The van der Waals surface area contributed by atoms with Gasteiger partial charge in [0, 0.05) is 0 Å². The number of ether oxygens (including phenoxy) is 1. The van der Waals surface area contributed by atoms with Crippen LogP contribution in [0.2, 0.25) is 0 Å². The summed E-state index contributed by atoms with van der Waals surface area (Å²) < 4.78 is 4.76. The summed E-state index contributed by atoms with van der Waals surface area (Å²) in [5.41, 5.74) is 0.525. The molecule has 3 nitrogen and oxygen atoms in total. The minimum absolute atomic E-state index is 0.0842. The maximum absolute atomic E-state index is 11.2. The van der Waals surface area contributed by atoms with Crippen LogP contribution < -0.4 is 0 Å². The van der Waals surface area contributed by atoms with E-state index in [1.807, 2.05) is 0 Å². The fourth-order valence-electron chi connectivity index (χ4n) is 2.31. The van der Waals surface area contributed by atoms with Gasteiger partial charge in [-0.05, 0) is 12.3 Å². The molecule has 0 amide bonds. The van der Waals surface area contributed by atoms with Crippen LogP contribution in [0.4, 0.5) is 0 Å². The molecular weight excluding hydrogens is 180 g/mol. The molecule has 3 heteroatoms. The van der Waals surface area contributed by atoms with Gasteiger partial charge in [0.15, 0.2) is 0 Å². The molecule has 14 heavy (non-hydrogen) atoms. The Morgan fingerprint density at radius 3 is 2.57 bits per heavy atom. The van der Waals surface area contributed by atoms with E-state index in [4.69, 9.17) is 4.74 Å². The van der Waals surface area contributed by atoms with Gasteiger partial charge in [0.2, 0.25) is 0 Å². The lowest BCUT2D eigenvalue weighted by molar-refractivity contribution is -0.136. The average Bonchev–Trinajstić information content (AvgIpc) is 2.51. The summed E-state index contributed by atoms with van der Waals surface area (Å²) in [4.78, 5) is 11.2. The van der Waals surface area contributed by atoms with Crippen LogP contribution in [-0.2, 0) is 9.53 Å². The molecule has 0 aromatic carbocycles. The van der Waals surface area contributed by atoms with Crippen LogP contribution in [0.15, 0.2) is 11.3 Å². The van der Waals surface area contributed by atoms with E-state index in [0.717, 1.165) is 0 Å². The third kappa shape index (κ3) is 1.91. The topological polar surface area (TPSA) is 46.5 Å². The van der Waals surface area contributed by atoms with Crippen LogP contribution in [-0.4, -0.2) is 17.7 Å². The van der Waals surface area contributed by atoms with Crippen LogP contribution in [0.1, 0.15) is 38.5 Å². The smallest absolute Gasteiger partial charge is 0.338 e. The fourth-order valence-corrected chi connectivity index (χ4v) is 2.31. The van der Waals surface area contributed by atoms with E-state index in [-0.39, 0.29) is 18.3 Å². The number of aliphatic hydroxyl groups is 1. The van der Waals surface area contributed by atoms with Gasteiger partial charge in [0.1, 0.15) is 12.4 Å². The van der Waals surface area contributed by atoms with Crippen LogP contribution in [0.5, 0.6) is 0 Å². The van der Waals surface area contributed by atoms with E-state index in [2.05, 4.69) is 0 Å². The normalized spacial score (nSPS) is 24.1. The van der Waals surface area contributed by atoms with Gasteiger partial charge in [-0.2, -0.15) is 0 Å². The molecule has 0 unspecified atom stereocenters. The molecule has 1 saturated carbocycles. The van der Waals surface area contributed by atoms with Crippen molar-refractivity contribution in [2.75, 3.05) is 6.61 Å². The van der Waals surface area contributed by atoms with Gasteiger partial charge in [-0.15, -0.1) is 0 Å². The zero-order valence-corrected chi connectivity index (χ0v) is 8.29. The highest BCUT2D eigenvalue weighted by Crippen LogP contribution is 2.31. The Morgan fingerprint density at radius 1 is 1.29 bits per heavy atom. The number of carbonyl (C=O) groups is 1. The number of hydrogen-bond donors (Lipinski definition) is 1. The van der Waals surface area contributed by atoms with E-state index in [1.165, 1.54) is 32.1 Å². The van der Waals surface area contributed by atoms with Gasteiger partial charge in [0.25, 0.3) is 0 Å². The van der Waals surface area contributed by atoms with Crippen molar-refractivity contribution in [3.05, 3.63) is 11.3 Å². The molecule has 2 aliphatic rings. The lowest BCUT2D eigenvalue weighted by Crippen LogP contribution is -2.10. The molecule has 0 bridgehead atoms. The molecule has 2 rings (SSSR count). The van der Waals surface area contributed by atoms with Crippen molar-refractivity contribution in [2.45, 2.75) is 38.5 Å². The Labute approximate surface area is 83.8 Å². The molecule has 1 heterocycles.